The fraction of sp³-hybridized carbons (Fsp3) is 0.950. The lowest BCUT2D eigenvalue weighted by atomic mass is 10.3. The number of carbonyl (C=O) groups is 1. The zero-order chi connectivity index (χ0) is 21.5. The van der Waals surface area contributed by atoms with Gasteiger partial charge in [-0.1, -0.05) is 31.4 Å². The first-order valence-corrected chi connectivity index (χ1v) is 16.6. The predicted molar refractivity (Wildman–Crippen MR) is 125 cm³/mol. The average Bonchev–Trinajstić information content (AvgIpc) is 3.21. The van der Waals surface area contributed by atoms with Gasteiger partial charge in [0.05, 0.1) is 27.4 Å². The fourth-order valence-electron chi connectivity index (χ4n) is 5.24. The summed E-state index contributed by atoms with van der Waals surface area (Å²) in [6, 6.07) is 1.34. The van der Waals surface area contributed by atoms with Gasteiger partial charge in [0.2, 0.25) is 0 Å². The van der Waals surface area contributed by atoms with Crippen molar-refractivity contribution in [3.63, 3.8) is 0 Å². The third-order valence-electron chi connectivity index (χ3n) is 5.98. The van der Waals surface area contributed by atoms with Gasteiger partial charge in [0, 0.05) is 28.9 Å². The largest absolute Gasteiger partial charge is 0.469 e. The van der Waals surface area contributed by atoms with E-state index in [9.17, 15) is 4.79 Å². The molecule has 1 saturated carbocycles. The maximum absolute atomic E-state index is 12.7. The molecule has 0 heterocycles. The van der Waals surface area contributed by atoms with Crippen LogP contribution in [0.4, 0.5) is 0 Å². The van der Waals surface area contributed by atoms with Crippen LogP contribution in [0.15, 0.2) is 0 Å². The van der Waals surface area contributed by atoms with E-state index >= 15 is 0 Å². The molecule has 7 heteroatoms. The van der Waals surface area contributed by atoms with Gasteiger partial charge in [0.25, 0.3) is 0 Å². The molecule has 160 valence electrons. The standard InChI is InChI=1S/C20H43N2O2PSSi/c1-14(2)21(15(3)4)25(26,22(16(5)6)17(7)8)20(27(10,11)12)13-18(20)19(23)24-9/h14-18H,13H2,1-12H3/t18-,20+/m1/s1. The Hall–Kier alpha value is 0.257. The lowest BCUT2D eigenvalue weighted by molar-refractivity contribution is -0.142. The molecular formula is C20H43N2O2PSSi. The molecule has 0 aliphatic heterocycles. The summed E-state index contributed by atoms with van der Waals surface area (Å²) in [7, 11) is -0.281. The minimum absolute atomic E-state index is 0.0556. The molecular weight excluding hydrogens is 391 g/mol. The minimum Gasteiger partial charge on any atom is -0.469 e. The quantitative estimate of drug-likeness (QED) is 0.278. The molecule has 0 amide bonds. The van der Waals surface area contributed by atoms with Gasteiger partial charge < -0.3 is 4.74 Å². The number of nitrogens with zero attached hydrogens (tertiary/aromatic N) is 2. The van der Waals surface area contributed by atoms with Crippen molar-refractivity contribution in [2.24, 2.45) is 5.92 Å². The highest BCUT2D eigenvalue weighted by molar-refractivity contribution is 8.14. The first-order chi connectivity index (χ1) is 12.1. The highest BCUT2D eigenvalue weighted by atomic mass is 32.4. The zero-order valence-corrected chi connectivity index (χ0v) is 22.4. The second kappa shape index (κ2) is 8.55. The van der Waals surface area contributed by atoms with Gasteiger partial charge in [-0.05, 0) is 61.8 Å². The summed E-state index contributed by atoms with van der Waals surface area (Å²) < 4.78 is 10.3. The summed E-state index contributed by atoms with van der Waals surface area (Å²) in [6.45, 7) is 25.3. The number of rotatable bonds is 9. The second-order valence-corrected chi connectivity index (χ2v) is 20.3. The summed E-state index contributed by atoms with van der Waals surface area (Å²) >= 11 is 6.83. The van der Waals surface area contributed by atoms with E-state index in [4.69, 9.17) is 16.5 Å². The smallest absolute Gasteiger partial charge is 0.309 e. The third-order valence-corrected chi connectivity index (χ3v) is 19.3. The van der Waals surface area contributed by atoms with Crippen LogP contribution in [-0.4, -0.2) is 59.4 Å². The number of hydrogen-bond acceptors (Lipinski definition) is 3. The molecule has 0 spiro atoms. The maximum atomic E-state index is 12.7. The average molecular weight is 435 g/mol. The molecule has 1 fully saturated rings. The van der Waals surface area contributed by atoms with Crippen LogP contribution in [0.1, 0.15) is 61.8 Å². The van der Waals surface area contributed by atoms with Crippen LogP contribution in [-0.2, 0) is 21.3 Å². The number of hydrogen-bond donors (Lipinski definition) is 0. The van der Waals surface area contributed by atoms with Crippen molar-refractivity contribution in [1.29, 1.82) is 0 Å². The van der Waals surface area contributed by atoms with E-state index in [-0.39, 0.29) is 16.7 Å². The molecule has 27 heavy (non-hydrogen) atoms. The Labute approximate surface area is 174 Å². The molecule has 0 aromatic heterocycles. The summed E-state index contributed by atoms with van der Waals surface area (Å²) in [6.07, 6.45) is -1.35. The molecule has 2 atom stereocenters. The highest BCUT2D eigenvalue weighted by Gasteiger charge is 2.75. The van der Waals surface area contributed by atoms with E-state index in [0.717, 1.165) is 6.42 Å². The normalized spacial score (nSPS) is 24.0. The Morgan fingerprint density at radius 2 is 1.30 bits per heavy atom. The molecule has 4 nitrogen and oxygen atoms in total. The second-order valence-electron chi connectivity index (χ2n) is 10.1. The Morgan fingerprint density at radius 3 is 1.52 bits per heavy atom. The first-order valence-electron chi connectivity index (χ1n) is 10.4. The Morgan fingerprint density at radius 1 is 0.963 bits per heavy atom. The van der Waals surface area contributed by atoms with Crippen molar-refractivity contribution in [2.75, 3.05) is 7.11 Å². The third kappa shape index (κ3) is 4.12. The van der Waals surface area contributed by atoms with Gasteiger partial charge >= 0.3 is 5.97 Å². The molecule has 0 saturated heterocycles. The van der Waals surface area contributed by atoms with Gasteiger partial charge in [0.1, 0.15) is 0 Å². The van der Waals surface area contributed by atoms with Crippen LogP contribution < -0.4 is 0 Å². The Kier molecular flexibility index (Phi) is 8.01. The lowest BCUT2D eigenvalue weighted by Gasteiger charge is -2.57. The first kappa shape index (κ1) is 25.3. The summed E-state index contributed by atoms with van der Waals surface area (Å²) in [5.74, 6) is -0.119. The highest BCUT2D eigenvalue weighted by Crippen LogP contribution is 2.80. The summed E-state index contributed by atoms with van der Waals surface area (Å²) in [5, 5.41) is 0. The SMILES string of the molecule is COC(=O)[C@H]1C[C@@]1([Si](C)(C)C)P(=S)(N(C(C)C)C(C)C)N(C(C)C)C(C)C. The van der Waals surface area contributed by atoms with Gasteiger partial charge in [-0.15, -0.1) is 0 Å². The molecule has 0 N–H and O–H groups in total. The van der Waals surface area contributed by atoms with E-state index in [1.54, 1.807) is 0 Å². The van der Waals surface area contributed by atoms with E-state index < -0.39 is 14.4 Å². The number of esters is 1. The van der Waals surface area contributed by atoms with Gasteiger partial charge in [-0.2, -0.15) is 0 Å². The van der Waals surface area contributed by atoms with Crippen molar-refractivity contribution in [1.82, 2.24) is 9.34 Å². The summed E-state index contributed by atoms with van der Waals surface area (Å²) in [4.78, 5) is 12.7. The molecule has 0 aromatic carbocycles. The van der Waals surface area contributed by atoms with Crippen LogP contribution in [0.5, 0.6) is 0 Å². The molecule has 0 radical (unpaired) electrons. The molecule has 0 unspecified atom stereocenters. The van der Waals surface area contributed by atoms with Crippen LogP contribution >= 0.6 is 6.34 Å². The van der Waals surface area contributed by atoms with Crippen molar-refractivity contribution >= 4 is 32.2 Å². The van der Waals surface area contributed by atoms with E-state index in [1.165, 1.54) is 7.11 Å². The van der Waals surface area contributed by atoms with Crippen LogP contribution in [0, 0.1) is 5.92 Å². The molecule has 1 rings (SSSR count). The van der Waals surface area contributed by atoms with E-state index in [2.05, 4.69) is 84.4 Å². The van der Waals surface area contributed by atoms with Gasteiger partial charge in [-0.25, -0.2) is 0 Å². The minimum atomic E-state index is -2.24. The molecule has 1 aliphatic rings. The molecule has 0 bridgehead atoms. The van der Waals surface area contributed by atoms with Crippen LogP contribution in [0.3, 0.4) is 0 Å². The monoisotopic (exact) mass is 434 g/mol. The Balaban J connectivity index is 3.86. The van der Waals surface area contributed by atoms with Crippen LogP contribution in [0.2, 0.25) is 19.6 Å². The maximum Gasteiger partial charge on any atom is 0.309 e. The van der Waals surface area contributed by atoms with Crippen molar-refractivity contribution in [3.8, 4) is 0 Å². The van der Waals surface area contributed by atoms with Crippen molar-refractivity contribution < 1.29 is 9.53 Å². The summed E-state index contributed by atoms with van der Waals surface area (Å²) in [5.41, 5.74) is 0. The number of ether oxygens (including phenoxy) is 1. The van der Waals surface area contributed by atoms with Gasteiger partial charge in [0.15, 0.2) is 0 Å². The van der Waals surface area contributed by atoms with Gasteiger partial charge in [-0.3, -0.25) is 14.1 Å². The van der Waals surface area contributed by atoms with Crippen LogP contribution in [0.25, 0.3) is 0 Å². The molecule has 0 aromatic rings. The predicted octanol–water partition coefficient (Wildman–Crippen LogP) is 5.34. The topological polar surface area (TPSA) is 32.8 Å². The molecule has 1 aliphatic carbocycles. The number of carbonyl (C=O) groups excluding carboxylic acids is 1. The van der Waals surface area contributed by atoms with Crippen molar-refractivity contribution in [3.05, 3.63) is 0 Å². The Bertz CT molecular complexity index is 549. The fourth-order valence-corrected chi connectivity index (χ4v) is 21.2. The number of methoxy groups -OCH3 is 1. The van der Waals surface area contributed by atoms with E-state index in [0.29, 0.717) is 24.2 Å². The van der Waals surface area contributed by atoms with E-state index in [1.807, 2.05) is 0 Å². The lowest BCUT2D eigenvalue weighted by Crippen LogP contribution is -2.56. The van der Waals surface area contributed by atoms with Crippen molar-refractivity contribution in [2.45, 2.75) is 110 Å². The zero-order valence-electron chi connectivity index (χ0n) is 19.7.